The smallest absolute Gasteiger partial charge is 0.408 e. The number of hydrogen-bond donors (Lipinski definition) is 2. The summed E-state index contributed by atoms with van der Waals surface area (Å²) < 4.78 is 16.7. The minimum absolute atomic E-state index is 0.0650. The largest absolute Gasteiger partial charge is 0.445 e. The van der Waals surface area contributed by atoms with Crippen LogP contribution in [0.3, 0.4) is 0 Å². The second-order valence-corrected chi connectivity index (χ2v) is 9.96. The summed E-state index contributed by atoms with van der Waals surface area (Å²) in [4.78, 5) is 41.9. The molecule has 6 rings (SSSR count). The van der Waals surface area contributed by atoms with Crippen molar-refractivity contribution in [2.24, 2.45) is 0 Å². The monoisotopic (exact) mass is 536 g/mol. The fraction of sp³-hybridized carbons (Fsp3) is 0.219. The van der Waals surface area contributed by atoms with Gasteiger partial charge in [0.15, 0.2) is 0 Å². The topological polar surface area (TPSA) is 111 Å². The van der Waals surface area contributed by atoms with E-state index in [-0.39, 0.29) is 24.4 Å². The van der Waals surface area contributed by atoms with Crippen molar-refractivity contribution in [1.29, 1.82) is 0 Å². The van der Waals surface area contributed by atoms with Crippen LogP contribution in [0.4, 0.5) is 4.79 Å². The van der Waals surface area contributed by atoms with Gasteiger partial charge in [-0.3, -0.25) is 0 Å². The molecule has 40 heavy (non-hydrogen) atoms. The summed E-state index contributed by atoms with van der Waals surface area (Å²) in [6.45, 7) is 0.0650. The van der Waals surface area contributed by atoms with E-state index >= 15 is 0 Å². The van der Waals surface area contributed by atoms with Crippen LogP contribution in [0.25, 0.3) is 21.9 Å². The third-order valence-electron chi connectivity index (χ3n) is 7.30. The van der Waals surface area contributed by atoms with Gasteiger partial charge >= 0.3 is 17.7 Å². The predicted molar refractivity (Wildman–Crippen MR) is 150 cm³/mol. The molecule has 0 saturated heterocycles. The van der Waals surface area contributed by atoms with E-state index in [1.165, 1.54) is 0 Å². The SMILES string of the molecule is O=C(N[C@@H](Cc1c[nH]c2ccccc12)C(=O)Oc1ccc2c3c(c(=O)oc2c1)CCCC3)OCc1ccccc1. The van der Waals surface area contributed by atoms with E-state index in [0.717, 1.165) is 57.8 Å². The molecule has 1 atom stereocenters. The third-order valence-corrected chi connectivity index (χ3v) is 7.30. The number of fused-ring (bicyclic) bond motifs is 4. The lowest BCUT2D eigenvalue weighted by atomic mass is 9.91. The Morgan fingerprint density at radius 3 is 2.55 bits per heavy atom. The molecule has 1 amide bonds. The molecule has 1 aliphatic rings. The van der Waals surface area contributed by atoms with Crippen molar-refractivity contribution in [3.05, 3.63) is 112 Å². The van der Waals surface area contributed by atoms with Gasteiger partial charge in [0.2, 0.25) is 0 Å². The summed E-state index contributed by atoms with van der Waals surface area (Å²) in [6.07, 6.45) is 4.78. The lowest BCUT2D eigenvalue weighted by molar-refractivity contribution is -0.136. The van der Waals surface area contributed by atoms with E-state index in [0.29, 0.717) is 12.0 Å². The number of carbonyl (C=O) groups is 2. The fourth-order valence-electron chi connectivity index (χ4n) is 5.30. The maximum absolute atomic E-state index is 13.4. The van der Waals surface area contributed by atoms with Crippen LogP contribution in [0.1, 0.15) is 35.1 Å². The summed E-state index contributed by atoms with van der Waals surface area (Å²) in [5, 5.41) is 4.47. The molecule has 0 radical (unpaired) electrons. The Kier molecular flexibility index (Phi) is 7.06. The first-order chi connectivity index (χ1) is 19.5. The molecule has 2 N–H and O–H groups in total. The normalized spacial score (nSPS) is 13.5. The highest BCUT2D eigenvalue weighted by molar-refractivity contribution is 5.88. The highest BCUT2D eigenvalue weighted by Gasteiger charge is 2.26. The molecule has 0 spiro atoms. The zero-order valence-electron chi connectivity index (χ0n) is 21.8. The number of benzene rings is 3. The van der Waals surface area contributed by atoms with E-state index in [9.17, 15) is 14.4 Å². The van der Waals surface area contributed by atoms with Crippen LogP contribution in [-0.2, 0) is 35.4 Å². The average molecular weight is 537 g/mol. The highest BCUT2D eigenvalue weighted by atomic mass is 16.6. The van der Waals surface area contributed by atoms with Crippen molar-refractivity contribution in [2.75, 3.05) is 0 Å². The van der Waals surface area contributed by atoms with Gasteiger partial charge in [0.25, 0.3) is 0 Å². The number of nitrogens with one attached hydrogen (secondary N) is 2. The Hall–Kier alpha value is -4.85. The summed E-state index contributed by atoms with van der Waals surface area (Å²) in [7, 11) is 0. The van der Waals surface area contributed by atoms with E-state index in [1.807, 2.05) is 66.9 Å². The van der Waals surface area contributed by atoms with Crippen LogP contribution in [0.5, 0.6) is 5.75 Å². The van der Waals surface area contributed by atoms with Gasteiger partial charge in [-0.1, -0.05) is 48.5 Å². The van der Waals surface area contributed by atoms with Crippen molar-refractivity contribution in [1.82, 2.24) is 10.3 Å². The molecular formula is C32H28N2O6. The van der Waals surface area contributed by atoms with E-state index < -0.39 is 18.1 Å². The number of amides is 1. The molecule has 3 aromatic carbocycles. The van der Waals surface area contributed by atoms with Gasteiger partial charge in [0.1, 0.15) is 24.0 Å². The molecule has 0 bridgehead atoms. The van der Waals surface area contributed by atoms with E-state index in [2.05, 4.69) is 10.3 Å². The Morgan fingerprint density at radius 1 is 0.925 bits per heavy atom. The van der Waals surface area contributed by atoms with Crippen molar-refractivity contribution < 1.29 is 23.5 Å². The zero-order chi connectivity index (χ0) is 27.5. The third kappa shape index (κ3) is 5.33. The van der Waals surface area contributed by atoms with Crippen molar-refractivity contribution in [3.63, 3.8) is 0 Å². The Labute approximate surface area is 229 Å². The predicted octanol–water partition coefficient (Wildman–Crippen LogP) is 5.60. The first-order valence-corrected chi connectivity index (χ1v) is 13.4. The molecule has 8 nitrogen and oxygen atoms in total. The number of aromatic nitrogens is 1. The Morgan fingerprint density at radius 2 is 1.70 bits per heavy atom. The van der Waals surface area contributed by atoms with Crippen LogP contribution in [0.15, 0.2) is 88.2 Å². The number of aryl methyl sites for hydroxylation is 1. The fourth-order valence-corrected chi connectivity index (χ4v) is 5.30. The van der Waals surface area contributed by atoms with Crippen LogP contribution < -0.4 is 15.7 Å². The van der Waals surface area contributed by atoms with Gasteiger partial charge in [-0.15, -0.1) is 0 Å². The number of alkyl carbamates (subject to hydrolysis) is 1. The number of H-pyrrole nitrogens is 1. The average Bonchev–Trinajstić information content (AvgIpc) is 3.39. The van der Waals surface area contributed by atoms with E-state index in [4.69, 9.17) is 13.9 Å². The van der Waals surface area contributed by atoms with Crippen LogP contribution in [0.2, 0.25) is 0 Å². The first-order valence-electron chi connectivity index (χ1n) is 13.4. The van der Waals surface area contributed by atoms with Gasteiger partial charge in [-0.05, 0) is 60.6 Å². The number of ether oxygens (including phenoxy) is 2. The van der Waals surface area contributed by atoms with Gasteiger partial charge in [-0.25, -0.2) is 14.4 Å². The second-order valence-electron chi connectivity index (χ2n) is 9.96. The zero-order valence-corrected chi connectivity index (χ0v) is 21.8. The number of carbonyl (C=O) groups excluding carboxylic acids is 2. The quantitative estimate of drug-likeness (QED) is 0.159. The number of para-hydroxylation sites is 1. The van der Waals surface area contributed by atoms with Gasteiger partial charge < -0.3 is 24.2 Å². The summed E-state index contributed by atoms with van der Waals surface area (Å²) >= 11 is 0. The summed E-state index contributed by atoms with van der Waals surface area (Å²) in [5.74, 6) is -0.443. The van der Waals surface area contributed by atoms with Crippen LogP contribution >= 0.6 is 0 Å². The molecule has 202 valence electrons. The minimum atomic E-state index is -1.03. The maximum atomic E-state index is 13.4. The molecule has 0 saturated carbocycles. The van der Waals surface area contributed by atoms with Gasteiger partial charge in [0, 0.05) is 40.5 Å². The van der Waals surface area contributed by atoms with Crippen molar-refractivity contribution in [2.45, 2.75) is 44.8 Å². The van der Waals surface area contributed by atoms with Crippen molar-refractivity contribution >= 4 is 33.9 Å². The molecule has 5 aromatic rings. The summed E-state index contributed by atoms with van der Waals surface area (Å²) in [5.41, 5.74) is 4.37. The molecule has 0 aliphatic heterocycles. The molecule has 1 aliphatic carbocycles. The highest BCUT2D eigenvalue weighted by Crippen LogP contribution is 2.29. The van der Waals surface area contributed by atoms with E-state index in [1.54, 1.807) is 12.1 Å². The summed E-state index contributed by atoms with van der Waals surface area (Å²) in [6, 6.07) is 21.0. The molecule has 8 heteroatoms. The molecule has 0 fully saturated rings. The lowest BCUT2D eigenvalue weighted by Crippen LogP contribution is -2.44. The number of hydrogen-bond acceptors (Lipinski definition) is 6. The second kappa shape index (κ2) is 11.1. The lowest BCUT2D eigenvalue weighted by Gasteiger charge is -2.18. The molecular weight excluding hydrogens is 508 g/mol. The van der Waals surface area contributed by atoms with Gasteiger partial charge in [0.05, 0.1) is 0 Å². The minimum Gasteiger partial charge on any atom is -0.445 e. The first kappa shape index (κ1) is 25.4. The van der Waals surface area contributed by atoms with Crippen LogP contribution in [0, 0.1) is 0 Å². The van der Waals surface area contributed by atoms with Crippen LogP contribution in [-0.4, -0.2) is 23.1 Å². The Balaban J connectivity index is 1.24. The molecule has 0 unspecified atom stereocenters. The number of rotatable bonds is 7. The number of aromatic amines is 1. The Bertz CT molecular complexity index is 1750. The van der Waals surface area contributed by atoms with Crippen molar-refractivity contribution in [3.8, 4) is 5.75 Å². The standard InChI is InChI=1S/C32H28N2O6/c35-30-26-12-5-4-11-24(26)25-15-14-22(17-29(25)40-30)39-31(36)28(16-21-18-33-27-13-7-6-10-23(21)27)34-32(37)38-19-20-8-2-1-3-9-20/h1-3,6-10,13-15,17-18,28,33H,4-5,11-12,16,19H2,(H,34,37)/t28-/m0/s1. The molecule has 2 heterocycles. The number of esters is 1. The maximum Gasteiger partial charge on any atom is 0.408 e. The molecule has 2 aromatic heterocycles. The van der Waals surface area contributed by atoms with Gasteiger partial charge in [-0.2, -0.15) is 0 Å².